The molecule has 12 heteroatoms. The van der Waals surface area contributed by atoms with Crippen molar-refractivity contribution in [2.24, 2.45) is 4.99 Å². The largest absolute Gasteiger partial charge is 1.00 e. The monoisotopic (exact) mass is 771 g/mol. The van der Waals surface area contributed by atoms with E-state index in [2.05, 4.69) is 51.2 Å². The van der Waals surface area contributed by atoms with Crippen LogP contribution in [0.25, 0.3) is 33.4 Å². The summed E-state index contributed by atoms with van der Waals surface area (Å²) in [4.78, 5) is 4.36. The topological polar surface area (TPSA) is 152 Å². The maximum atomic E-state index is 12.6. The molecule has 1 aliphatic carbocycles. The molecule has 0 saturated heterocycles. The van der Waals surface area contributed by atoms with Crippen LogP contribution < -0.4 is 29.5 Å². The zero-order valence-corrected chi connectivity index (χ0v) is 34.2. The van der Waals surface area contributed by atoms with Crippen molar-refractivity contribution in [1.82, 2.24) is 0 Å². The molecule has 1 heterocycles. The van der Waals surface area contributed by atoms with E-state index in [-0.39, 0.29) is 57.9 Å². The number of nitrogens with zero attached hydrogens (tertiary/aromatic N) is 1. The second kappa shape index (κ2) is 16.1. The fourth-order valence-corrected chi connectivity index (χ4v) is 8.21. The molecule has 2 aliphatic rings. The van der Waals surface area contributed by atoms with Gasteiger partial charge in [0.25, 0.3) is 0 Å². The number of anilines is 2. The van der Waals surface area contributed by atoms with Crippen LogP contribution in [0.15, 0.2) is 110 Å². The van der Waals surface area contributed by atoms with E-state index < -0.39 is 20.2 Å². The van der Waals surface area contributed by atoms with Gasteiger partial charge in [-0.05, 0) is 88.4 Å². The second-order valence-corrected chi connectivity index (χ2v) is 17.6. The van der Waals surface area contributed by atoms with E-state index in [9.17, 15) is 25.9 Å². The Kier molecular flexibility index (Phi) is 12.3. The molecule has 6 rings (SSSR count). The van der Waals surface area contributed by atoms with Crippen molar-refractivity contribution in [1.29, 1.82) is 0 Å². The van der Waals surface area contributed by atoms with Crippen molar-refractivity contribution >= 4 is 48.3 Å². The molecule has 0 spiro atoms. The quantitative estimate of drug-likeness (QED) is 0.0855. The van der Waals surface area contributed by atoms with E-state index in [1.54, 1.807) is 30.3 Å². The first-order chi connectivity index (χ1) is 25.3. The van der Waals surface area contributed by atoms with Gasteiger partial charge in [-0.2, -0.15) is 0 Å². The molecule has 0 amide bonds. The molecule has 1 N–H and O–H groups in total. The molecule has 4 aromatic rings. The first-order valence-corrected chi connectivity index (χ1v) is 20.8. The Balaban J connectivity index is 0.00000580. The zero-order valence-electron chi connectivity index (χ0n) is 32.6. The van der Waals surface area contributed by atoms with Crippen LogP contribution in [0.2, 0.25) is 0 Å². The summed E-state index contributed by atoms with van der Waals surface area (Å²) in [5, 5.41) is 4.74. The summed E-state index contributed by atoms with van der Waals surface area (Å²) in [7, 11) is -9.57. The van der Waals surface area contributed by atoms with Crippen molar-refractivity contribution in [3.8, 4) is 22.5 Å². The summed E-state index contributed by atoms with van der Waals surface area (Å²) in [6.07, 6.45) is 0. The first-order valence-electron chi connectivity index (χ1n) is 18.0. The summed E-state index contributed by atoms with van der Waals surface area (Å²) in [6.45, 7) is 16.2. The molecule has 9 nitrogen and oxygen atoms in total. The molecule has 0 fully saturated rings. The van der Waals surface area contributed by atoms with Crippen molar-refractivity contribution in [2.45, 2.75) is 88.9 Å². The van der Waals surface area contributed by atoms with E-state index in [0.29, 0.717) is 50.0 Å². The fourth-order valence-electron chi connectivity index (χ4n) is 6.98. The summed E-state index contributed by atoms with van der Waals surface area (Å²) in [5.74, 6) is 0.588. The Morgan fingerprint density at radius 2 is 1.20 bits per heavy atom. The molecule has 0 bridgehead atoms. The number of hydrogen-bond acceptors (Lipinski definition) is 9. The van der Waals surface area contributed by atoms with Crippen LogP contribution in [0.4, 0.5) is 17.1 Å². The number of nitrogens with one attached hydrogen (secondary N) is 1. The average molecular weight is 772 g/mol. The minimum Gasteiger partial charge on any atom is -0.744 e. The normalized spacial score (nSPS) is 12.7. The average Bonchev–Trinajstić information content (AvgIpc) is 3.09. The Morgan fingerprint density at radius 3 is 1.75 bits per heavy atom. The number of rotatable bonds is 10. The van der Waals surface area contributed by atoms with Crippen molar-refractivity contribution in [3.05, 3.63) is 119 Å². The van der Waals surface area contributed by atoms with E-state index in [1.807, 2.05) is 45.9 Å². The summed E-state index contributed by atoms with van der Waals surface area (Å²) in [6, 6.07) is 26.2. The molecular formula is C43H44LiN2O7S2-. The molecule has 0 atom stereocenters. The third-order valence-corrected chi connectivity index (χ3v) is 11.4. The van der Waals surface area contributed by atoms with E-state index in [4.69, 9.17) is 9.41 Å². The summed E-state index contributed by atoms with van der Waals surface area (Å²) < 4.78 is 80.7. The predicted molar refractivity (Wildman–Crippen MR) is 212 cm³/mol. The molecule has 55 heavy (non-hydrogen) atoms. The van der Waals surface area contributed by atoms with Gasteiger partial charge in [0.05, 0.1) is 20.8 Å². The van der Waals surface area contributed by atoms with Crippen LogP contribution in [0.5, 0.6) is 0 Å². The first kappa shape index (κ1) is 41.9. The molecule has 0 unspecified atom stereocenters. The van der Waals surface area contributed by atoms with Gasteiger partial charge in [0.15, 0.2) is 0 Å². The molecule has 1 aliphatic heterocycles. The Labute approximate surface area is 336 Å². The third-order valence-electron chi connectivity index (χ3n) is 9.69. The minimum absolute atomic E-state index is 0. The number of fused-ring (bicyclic) bond motifs is 2. The number of benzene rings is 5. The van der Waals surface area contributed by atoms with Gasteiger partial charge < -0.3 is 18.8 Å². The maximum absolute atomic E-state index is 12.6. The van der Waals surface area contributed by atoms with Gasteiger partial charge in [-0.1, -0.05) is 91.8 Å². The van der Waals surface area contributed by atoms with Gasteiger partial charge in [0.2, 0.25) is 0 Å². The van der Waals surface area contributed by atoms with Gasteiger partial charge in [-0.15, -0.1) is 0 Å². The SMILES string of the molecule is CC(C)c1cc(S(=O)(=O)[O-])cc(C(C)C)c1N=c1ccc2c(-c3ccccc3S(=O)(=O)[O-])c3ccc(Nc4c(C(C)C)cccc4C(C)C)cc3oc-2c1.[Li+]. The van der Waals surface area contributed by atoms with Crippen molar-refractivity contribution in [2.75, 3.05) is 5.32 Å². The molecule has 282 valence electrons. The van der Waals surface area contributed by atoms with Crippen molar-refractivity contribution in [3.63, 3.8) is 0 Å². The fraction of sp³-hybridized carbons (Fsp3) is 0.279. The van der Waals surface area contributed by atoms with Crippen LogP contribution in [0.1, 0.15) is 101 Å². The smallest absolute Gasteiger partial charge is 0.744 e. The van der Waals surface area contributed by atoms with Gasteiger partial charge in [-0.25, -0.2) is 21.8 Å². The van der Waals surface area contributed by atoms with Crippen LogP contribution in [-0.4, -0.2) is 25.9 Å². The third kappa shape index (κ3) is 8.63. The zero-order chi connectivity index (χ0) is 39.3. The summed E-state index contributed by atoms with van der Waals surface area (Å²) in [5.41, 5.74) is 7.66. The molecule has 0 saturated carbocycles. The van der Waals surface area contributed by atoms with Crippen LogP contribution in [-0.2, 0) is 20.2 Å². The van der Waals surface area contributed by atoms with Crippen LogP contribution in [0.3, 0.4) is 0 Å². The molecule has 0 aromatic heterocycles. The molecule has 0 radical (unpaired) electrons. The Bertz CT molecular complexity index is 2610. The maximum Gasteiger partial charge on any atom is 1.00 e. The molecule has 4 aromatic carbocycles. The van der Waals surface area contributed by atoms with Gasteiger partial charge >= 0.3 is 18.9 Å². The minimum atomic E-state index is -4.86. The second-order valence-electron chi connectivity index (χ2n) is 14.9. The van der Waals surface area contributed by atoms with E-state index in [1.165, 1.54) is 35.4 Å². The van der Waals surface area contributed by atoms with Gasteiger partial charge in [-0.3, -0.25) is 0 Å². The molecular weight excluding hydrogens is 728 g/mol. The predicted octanol–water partition coefficient (Wildman–Crippen LogP) is 7.49. The van der Waals surface area contributed by atoms with Crippen molar-refractivity contribution < 1.29 is 49.2 Å². The Morgan fingerprint density at radius 1 is 0.618 bits per heavy atom. The van der Waals surface area contributed by atoms with Gasteiger partial charge in [0.1, 0.15) is 31.6 Å². The van der Waals surface area contributed by atoms with E-state index in [0.717, 1.165) is 11.4 Å². The van der Waals surface area contributed by atoms with E-state index >= 15 is 0 Å². The summed E-state index contributed by atoms with van der Waals surface area (Å²) >= 11 is 0. The number of para-hydroxylation sites is 1. The van der Waals surface area contributed by atoms with Gasteiger partial charge in [0, 0.05) is 45.6 Å². The Hall–Kier alpha value is -4.21. The number of hydrogen-bond donors (Lipinski definition) is 1. The van der Waals surface area contributed by atoms with Crippen LogP contribution in [0, 0.1) is 0 Å². The van der Waals surface area contributed by atoms with Crippen LogP contribution >= 0.6 is 0 Å². The standard InChI is InChI=1S/C43H46N2O7S2.Li/c1-24(2)31-13-11-14-32(25(3)4)42(31)44-28-16-18-33-38(20-28)52-39-21-29(17-19-34(39)41(33)35-12-9-10-15-40(35)54(49,50)51)45-43-36(26(5)6)22-30(53(46,47)48)23-37(43)27(7)8;/h9-27,44H,1-8H3,(H,46,47,48)(H,49,50,51);/q;+1/p-2.